The molecule has 0 aliphatic carbocycles. The average molecular weight is 1080 g/mol. The fraction of sp³-hybridized carbons (Fsp3) is 0.267. The summed E-state index contributed by atoms with van der Waals surface area (Å²) in [5.74, 6) is 2.12. The molecule has 0 saturated carbocycles. The van der Waals surface area contributed by atoms with Crippen LogP contribution in [0, 0.1) is 6.07 Å². The second-order valence-electron chi connectivity index (χ2n) is 22.5. The average Bonchev–Trinajstić information content (AvgIpc) is 3.66. The Bertz CT molecular complexity index is 3210. The minimum atomic E-state index is -0.433. The molecule has 2 aromatic heterocycles. The molecule has 7 aromatic rings. The summed E-state index contributed by atoms with van der Waals surface area (Å²) in [6.07, 6.45) is 10.5. The topological polar surface area (TPSA) is 63.4 Å². The second-order valence-corrected chi connectivity index (χ2v) is 22.5. The summed E-state index contributed by atoms with van der Waals surface area (Å²) in [6, 6.07) is 42.6. The summed E-state index contributed by atoms with van der Waals surface area (Å²) in [5, 5.41) is 12.7. The van der Waals surface area contributed by atoms with Gasteiger partial charge in [-0.15, -0.1) is 34.3 Å². The minimum absolute atomic E-state index is 0. The molecule has 3 aliphatic rings. The molecule has 346 valence electrons. The molecule has 0 saturated heterocycles. The van der Waals surface area contributed by atoms with Crippen molar-refractivity contribution in [2.45, 2.75) is 105 Å². The Hall–Kier alpha value is -6.17. The van der Waals surface area contributed by atoms with Crippen LogP contribution in [-0.4, -0.2) is 31.3 Å². The Morgan fingerprint density at radius 3 is 1.94 bits per heavy atom. The summed E-state index contributed by atoms with van der Waals surface area (Å²) in [5.41, 5.74) is 15.0. The second kappa shape index (κ2) is 16.8. The van der Waals surface area contributed by atoms with E-state index in [-0.39, 0.29) is 48.5 Å². The van der Waals surface area contributed by atoms with Gasteiger partial charge in [0.1, 0.15) is 5.75 Å². The summed E-state index contributed by atoms with van der Waals surface area (Å²) in [6.45, 7) is 26.3. The number of ether oxygens (including phenoxy) is 1. The van der Waals surface area contributed by atoms with Crippen LogP contribution in [0.15, 0.2) is 145 Å². The molecule has 3 aliphatic heterocycles. The van der Waals surface area contributed by atoms with E-state index in [2.05, 4.69) is 220 Å². The number of imidazole rings is 1. The SMILES string of the molecule is CC(C)(C)c1ccc(-n2c(-c3cc(C(C)(C)C)cc(C(C)(C)C)c3O)nc3c2OC2=CC=CC4=Cc5c([c-]c(-c6cc(-c7ccccc7)ccn6)cc5C(C)(C)C)B3N42)c(-c2ccccc2)c1.[Pt]. The Morgan fingerprint density at radius 2 is 1.29 bits per heavy atom. The van der Waals surface area contributed by atoms with Crippen LogP contribution in [0.2, 0.25) is 0 Å². The molecule has 10 rings (SSSR count). The number of allylic oxidation sites excluding steroid dienone is 3. The first kappa shape index (κ1) is 46.9. The molecule has 0 spiro atoms. The maximum absolute atomic E-state index is 12.7. The Kier molecular flexibility index (Phi) is 11.6. The molecule has 0 unspecified atom stereocenters. The van der Waals surface area contributed by atoms with Crippen LogP contribution in [0.1, 0.15) is 111 Å². The van der Waals surface area contributed by atoms with E-state index in [0.717, 1.165) is 72.6 Å². The number of phenols is 1. The summed E-state index contributed by atoms with van der Waals surface area (Å²) in [7, 11) is 0. The predicted molar refractivity (Wildman–Crippen MR) is 278 cm³/mol. The van der Waals surface area contributed by atoms with Crippen LogP contribution in [0.25, 0.3) is 56.7 Å². The van der Waals surface area contributed by atoms with Gasteiger partial charge in [0.2, 0.25) is 5.88 Å². The number of aromatic nitrogens is 3. The normalized spacial score (nSPS) is 14.3. The van der Waals surface area contributed by atoms with Crippen molar-refractivity contribution in [3.05, 3.63) is 179 Å². The largest absolute Gasteiger partial charge is 0.507 e. The number of benzene rings is 5. The monoisotopic (exact) mass is 1070 g/mol. The van der Waals surface area contributed by atoms with Crippen LogP contribution < -0.4 is 15.8 Å². The number of hydrogen-bond donors (Lipinski definition) is 1. The standard InChI is InChI=1S/C60H60BN4O2.Pt/c1-57(2,3)41-26-27-51(44(33-41)38-22-17-14-18-23-38)64-55(46-34-42(58(4,5)6)35-48(53(46)66)60(10,11)12)63-54-56(64)67-52-25-19-24-43-36-45-47(59(7,8)9)30-40(31-49(45)61(54)65(43)52)50-32-39(28-29-62-50)37-20-15-13-16-21-37;/h13-30,32-36,66H,1-12H3;/q-1;. The molecule has 6 nitrogen and oxygen atoms in total. The zero-order valence-corrected chi connectivity index (χ0v) is 43.6. The van der Waals surface area contributed by atoms with Crippen molar-refractivity contribution in [2.24, 2.45) is 0 Å². The zero-order chi connectivity index (χ0) is 47.4. The van der Waals surface area contributed by atoms with E-state index in [1.807, 2.05) is 18.3 Å². The first-order chi connectivity index (χ1) is 31.7. The molecule has 68 heavy (non-hydrogen) atoms. The molecule has 0 radical (unpaired) electrons. The third-order valence-electron chi connectivity index (χ3n) is 13.5. The molecular weight excluding hydrogens is 1010 g/mol. The van der Waals surface area contributed by atoms with Crippen LogP contribution in [-0.2, 0) is 42.7 Å². The van der Waals surface area contributed by atoms with Gasteiger partial charge >= 0.3 is 6.85 Å². The van der Waals surface area contributed by atoms with Crippen molar-refractivity contribution < 1.29 is 30.9 Å². The quantitative estimate of drug-likeness (QED) is 0.137. The maximum Gasteiger partial charge on any atom is 0.340 e. The molecule has 0 bridgehead atoms. The molecule has 8 heteroatoms. The number of pyridine rings is 1. The third kappa shape index (κ3) is 8.21. The Labute approximate surface area is 417 Å². The van der Waals surface area contributed by atoms with Gasteiger partial charge in [0, 0.05) is 44.1 Å². The van der Waals surface area contributed by atoms with Crippen molar-refractivity contribution in [2.75, 3.05) is 0 Å². The van der Waals surface area contributed by atoms with Crippen LogP contribution >= 0.6 is 0 Å². The molecule has 0 fully saturated rings. The third-order valence-corrected chi connectivity index (χ3v) is 13.5. The number of fused-ring (bicyclic) bond motifs is 4. The smallest absolute Gasteiger partial charge is 0.340 e. The fourth-order valence-electron chi connectivity index (χ4n) is 9.72. The fourth-order valence-corrected chi connectivity index (χ4v) is 9.72. The number of nitrogens with zero attached hydrogens (tertiary/aromatic N) is 4. The number of aromatic hydroxyl groups is 1. The molecule has 0 amide bonds. The van der Waals surface area contributed by atoms with Gasteiger partial charge in [0.15, 0.2) is 11.7 Å². The van der Waals surface area contributed by atoms with Crippen molar-refractivity contribution in [3.63, 3.8) is 0 Å². The van der Waals surface area contributed by atoms with Crippen molar-refractivity contribution in [1.82, 2.24) is 19.3 Å². The minimum Gasteiger partial charge on any atom is -0.507 e. The molecular formula is C60H60BN4O2Pt-. The first-order valence-corrected chi connectivity index (χ1v) is 23.6. The Balaban J connectivity index is 0.00000578. The van der Waals surface area contributed by atoms with E-state index in [1.54, 1.807) is 0 Å². The Morgan fingerprint density at radius 1 is 0.647 bits per heavy atom. The number of phenolic OH excluding ortho intramolecular Hbond substituents is 1. The summed E-state index contributed by atoms with van der Waals surface area (Å²) < 4.78 is 9.44. The molecule has 5 aromatic carbocycles. The van der Waals surface area contributed by atoms with Crippen molar-refractivity contribution in [3.8, 4) is 62.2 Å². The van der Waals surface area contributed by atoms with Crippen molar-refractivity contribution >= 4 is 24.0 Å². The van der Waals surface area contributed by atoms with Gasteiger partial charge < -0.3 is 19.6 Å². The van der Waals surface area contributed by atoms with Crippen LogP contribution in [0.4, 0.5) is 0 Å². The van der Waals surface area contributed by atoms with Gasteiger partial charge in [0.05, 0.1) is 16.8 Å². The van der Waals surface area contributed by atoms with E-state index >= 15 is 0 Å². The van der Waals surface area contributed by atoms with E-state index in [1.165, 1.54) is 11.1 Å². The van der Waals surface area contributed by atoms with E-state index < -0.39 is 6.85 Å². The maximum atomic E-state index is 12.7. The van der Waals surface area contributed by atoms with Crippen LogP contribution in [0.5, 0.6) is 11.6 Å². The molecule has 5 heterocycles. The van der Waals surface area contributed by atoms with E-state index in [0.29, 0.717) is 23.2 Å². The van der Waals surface area contributed by atoms with Gasteiger partial charge in [0.25, 0.3) is 0 Å². The van der Waals surface area contributed by atoms with Crippen molar-refractivity contribution in [1.29, 1.82) is 0 Å². The number of hydrogen-bond acceptors (Lipinski definition) is 5. The predicted octanol–water partition coefficient (Wildman–Crippen LogP) is 13.2. The van der Waals surface area contributed by atoms with Gasteiger partial charge in [-0.1, -0.05) is 174 Å². The molecule has 0 atom stereocenters. The molecule has 1 N–H and O–H groups in total. The van der Waals surface area contributed by atoms with E-state index in [9.17, 15) is 5.11 Å². The zero-order valence-electron chi connectivity index (χ0n) is 41.3. The van der Waals surface area contributed by atoms with E-state index in [4.69, 9.17) is 14.7 Å². The van der Waals surface area contributed by atoms with Gasteiger partial charge in [-0.2, -0.15) is 0 Å². The van der Waals surface area contributed by atoms with Gasteiger partial charge in [-0.25, -0.2) is 4.98 Å². The summed E-state index contributed by atoms with van der Waals surface area (Å²) >= 11 is 0. The van der Waals surface area contributed by atoms with Crippen LogP contribution in [0.3, 0.4) is 0 Å². The summed E-state index contributed by atoms with van der Waals surface area (Å²) in [4.78, 5) is 13.0. The number of rotatable bonds is 5. The van der Waals surface area contributed by atoms with Gasteiger partial charge in [-0.05, 0) is 91.6 Å². The van der Waals surface area contributed by atoms with Gasteiger partial charge in [-0.3, -0.25) is 4.57 Å². The first-order valence-electron chi connectivity index (χ1n) is 23.6.